The predicted octanol–water partition coefficient (Wildman–Crippen LogP) is 4.70. The average molecular weight is 376 g/mol. The lowest BCUT2D eigenvalue weighted by Gasteiger charge is -2.15. The largest absolute Gasteiger partial charge is 0.481 e. The van der Waals surface area contributed by atoms with Gasteiger partial charge in [0.2, 0.25) is 0 Å². The Balaban J connectivity index is 1.88. The van der Waals surface area contributed by atoms with Crippen molar-refractivity contribution in [3.63, 3.8) is 0 Å². The van der Waals surface area contributed by atoms with Crippen molar-refractivity contribution in [2.75, 3.05) is 11.9 Å². The lowest BCUT2D eigenvalue weighted by atomic mass is 10.2. The van der Waals surface area contributed by atoms with E-state index in [1.54, 1.807) is 55.5 Å². The molecule has 0 bridgehead atoms. The molecular formula is C20H22ClNO4. The highest BCUT2D eigenvalue weighted by Crippen LogP contribution is 2.17. The van der Waals surface area contributed by atoms with Crippen LogP contribution in [0.15, 0.2) is 48.5 Å². The van der Waals surface area contributed by atoms with E-state index in [0.29, 0.717) is 28.6 Å². The molecule has 0 aliphatic carbocycles. The van der Waals surface area contributed by atoms with E-state index < -0.39 is 6.10 Å². The van der Waals surface area contributed by atoms with Crippen LogP contribution in [0.2, 0.25) is 5.02 Å². The molecule has 2 aromatic carbocycles. The van der Waals surface area contributed by atoms with Crippen molar-refractivity contribution in [1.29, 1.82) is 0 Å². The Bertz CT molecular complexity index is 728. The van der Waals surface area contributed by atoms with Gasteiger partial charge in [0.25, 0.3) is 5.91 Å². The molecule has 1 N–H and O–H groups in total. The zero-order valence-electron chi connectivity index (χ0n) is 14.8. The van der Waals surface area contributed by atoms with Crippen LogP contribution in [0.4, 0.5) is 5.69 Å². The van der Waals surface area contributed by atoms with Crippen molar-refractivity contribution in [2.24, 2.45) is 0 Å². The maximum Gasteiger partial charge on any atom is 0.338 e. The van der Waals surface area contributed by atoms with E-state index in [2.05, 4.69) is 5.32 Å². The number of unbranched alkanes of at least 4 members (excludes halogenated alkanes) is 1. The van der Waals surface area contributed by atoms with E-state index in [9.17, 15) is 9.59 Å². The molecule has 0 saturated carbocycles. The van der Waals surface area contributed by atoms with Crippen LogP contribution in [0.25, 0.3) is 0 Å². The van der Waals surface area contributed by atoms with Crippen LogP contribution >= 0.6 is 11.6 Å². The quantitative estimate of drug-likeness (QED) is 0.536. The highest BCUT2D eigenvalue weighted by Gasteiger charge is 2.15. The first-order chi connectivity index (χ1) is 12.5. The maximum absolute atomic E-state index is 12.2. The molecule has 1 atom stereocenters. The molecule has 138 valence electrons. The zero-order valence-corrected chi connectivity index (χ0v) is 15.6. The summed E-state index contributed by atoms with van der Waals surface area (Å²) in [6.07, 6.45) is 1.12. The maximum atomic E-state index is 12.2. The fourth-order valence-corrected chi connectivity index (χ4v) is 2.22. The second kappa shape index (κ2) is 9.82. The molecule has 0 saturated heterocycles. The smallest absolute Gasteiger partial charge is 0.338 e. The van der Waals surface area contributed by atoms with Crippen LogP contribution in [0.5, 0.6) is 5.75 Å². The molecule has 0 radical (unpaired) electrons. The highest BCUT2D eigenvalue weighted by atomic mass is 35.5. The Labute approximate surface area is 158 Å². The van der Waals surface area contributed by atoms with E-state index in [4.69, 9.17) is 21.1 Å². The lowest BCUT2D eigenvalue weighted by Crippen LogP contribution is -2.30. The van der Waals surface area contributed by atoms with Crippen LogP contribution in [-0.2, 0) is 9.53 Å². The van der Waals surface area contributed by atoms with E-state index >= 15 is 0 Å². The van der Waals surface area contributed by atoms with Gasteiger partial charge in [0.1, 0.15) is 5.75 Å². The summed E-state index contributed by atoms with van der Waals surface area (Å²) in [5.74, 6) is -0.101. The number of anilines is 1. The van der Waals surface area contributed by atoms with Gasteiger partial charge in [0, 0.05) is 10.7 Å². The Morgan fingerprint density at radius 2 is 1.73 bits per heavy atom. The number of amides is 1. The highest BCUT2D eigenvalue weighted by molar-refractivity contribution is 6.30. The van der Waals surface area contributed by atoms with Gasteiger partial charge in [0.15, 0.2) is 6.10 Å². The van der Waals surface area contributed by atoms with Crippen LogP contribution in [-0.4, -0.2) is 24.6 Å². The number of hydrogen-bond donors (Lipinski definition) is 1. The predicted molar refractivity (Wildman–Crippen MR) is 102 cm³/mol. The number of benzene rings is 2. The molecule has 1 amide bonds. The van der Waals surface area contributed by atoms with Crippen molar-refractivity contribution in [3.8, 4) is 5.75 Å². The lowest BCUT2D eigenvalue weighted by molar-refractivity contribution is -0.122. The van der Waals surface area contributed by atoms with Crippen molar-refractivity contribution >= 4 is 29.2 Å². The minimum Gasteiger partial charge on any atom is -0.481 e. The third-order valence-electron chi connectivity index (χ3n) is 3.61. The summed E-state index contributed by atoms with van der Waals surface area (Å²) in [5.41, 5.74) is 1.02. The van der Waals surface area contributed by atoms with Gasteiger partial charge in [0.05, 0.1) is 12.2 Å². The third kappa shape index (κ3) is 6.08. The van der Waals surface area contributed by atoms with Gasteiger partial charge >= 0.3 is 5.97 Å². The van der Waals surface area contributed by atoms with Gasteiger partial charge in [-0.2, -0.15) is 0 Å². The van der Waals surface area contributed by atoms with Gasteiger partial charge in [-0.05, 0) is 61.9 Å². The number of esters is 1. The molecule has 5 nitrogen and oxygen atoms in total. The minimum atomic E-state index is -0.685. The van der Waals surface area contributed by atoms with Gasteiger partial charge in [-0.25, -0.2) is 4.79 Å². The molecule has 0 spiro atoms. The van der Waals surface area contributed by atoms with E-state index in [1.807, 2.05) is 6.92 Å². The Hall–Kier alpha value is -2.53. The first-order valence-corrected chi connectivity index (χ1v) is 8.87. The molecule has 0 unspecified atom stereocenters. The molecule has 0 aliphatic rings. The number of halogens is 1. The van der Waals surface area contributed by atoms with Crippen molar-refractivity contribution in [2.45, 2.75) is 32.8 Å². The average Bonchev–Trinajstić information content (AvgIpc) is 2.64. The number of hydrogen-bond acceptors (Lipinski definition) is 4. The summed E-state index contributed by atoms with van der Waals surface area (Å²) in [4.78, 5) is 24.1. The first kappa shape index (κ1) is 19.8. The molecule has 2 rings (SSSR count). The SMILES string of the molecule is CCCCOC(=O)c1ccc(NC(=O)[C@@H](C)Oc2ccc(Cl)cc2)cc1. The van der Waals surface area contributed by atoms with Gasteiger partial charge in [-0.3, -0.25) is 4.79 Å². The van der Waals surface area contributed by atoms with Crippen molar-refractivity contribution < 1.29 is 19.1 Å². The minimum absolute atomic E-state index is 0.293. The van der Waals surface area contributed by atoms with Crippen LogP contribution in [0.3, 0.4) is 0 Å². The monoisotopic (exact) mass is 375 g/mol. The van der Waals surface area contributed by atoms with E-state index in [0.717, 1.165) is 12.8 Å². The van der Waals surface area contributed by atoms with Gasteiger partial charge in [-0.15, -0.1) is 0 Å². The molecule has 6 heteroatoms. The summed E-state index contributed by atoms with van der Waals surface area (Å²) >= 11 is 5.82. The standard InChI is InChI=1S/C20H22ClNO4/c1-3-4-13-25-20(24)15-5-9-17(10-6-15)22-19(23)14(2)26-18-11-7-16(21)8-12-18/h5-12,14H,3-4,13H2,1-2H3,(H,22,23)/t14-/m1/s1. The normalized spacial score (nSPS) is 11.5. The van der Waals surface area contributed by atoms with Gasteiger partial charge in [-0.1, -0.05) is 24.9 Å². The molecule has 2 aromatic rings. The second-order valence-corrected chi connectivity index (χ2v) is 6.21. The zero-order chi connectivity index (χ0) is 18.9. The molecule has 0 fully saturated rings. The summed E-state index contributed by atoms with van der Waals surface area (Å²) in [7, 11) is 0. The molecular weight excluding hydrogens is 354 g/mol. The van der Waals surface area contributed by atoms with Crippen molar-refractivity contribution in [3.05, 3.63) is 59.1 Å². The topological polar surface area (TPSA) is 64.6 Å². The summed E-state index contributed by atoms with van der Waals surface area (Å²) in [5, 5.41) is 3.35. The van der Waals surface area contributed by atoms with Crippen LogP contribution in [0, 0.1) is 0 Å². The number of ether oxygens (including phenoxy) is 2. The molecule has 0 aromatic heterocycles. The summed E-state index contributed by atoms with van der Waals surface area (Å²) in [6, 6.07) is 13.3. The summed E-state index contributed by atoms with van der Waals surface area (Å²) < 4.78 is 10.7. The first-order valence-electron chi connectivity index (χ1n) is 8.50. The van der Waals surface area contributed by atoms with Crippen LogP contribution in [0.1, 0.15) is 37.0 Å². The van der Waals surface area contributed by atoms with Gasteiger partial charge < -0.3 is 14.8 Å². The number of carbonyl (C=O) groups is 2. The van der Waals surface area contributed by atoms with E-state index in [1.165, 1.54) is 0 Å². The van der Waals surface area contributed by atoms with Crippen molar-refractivity contribution in [1.82, 2.24) is 0 Å². The Kier molecular flexibility index (Phi) is 7.48. The Morgan fingerprint density at radius 1 is 1.08 bits per heavy atom. The fourth-order valence-electron chi connectivity index (χ4n) is 2.10. The molecule has 0 aliphatic heterocycles. The summed E-state index contributed by atoms with van der Waals surface area (Å²) in [6.45, 7) is 4.10. The third-order valence-corrected chi connectivity index (χ3v) is 3.87. The number of carbonyl (C=O) groups excluding carboxylic acids is 2. The van der Waals surface area contributed by atoms with Crippen LogP contribution < -0.4 is 10.1 Å². The molecule has 26 heavy (non-hydrogen) atoms. The fraction of sp³-hybridized carbons (Fsp3) is 0.300. The second-order valence-electron chi connectivity index (χ2n) is 5.77. The Morgan fingerprint density at radius 3 is 2.35 bits per heavy atom. The number of nitrogens with one attached hydrogen (secondary N) is 1. The van der Waals surface area contributed by atoms with E-state index in [-0.39, 0.29) is 11.9 Å². The molecule has 0 heterocycles. The number of rotatable bonds is 8.